The molecule has 0 bridgehead atoms. The fourth-order valence-electron chi connectivity index (χ4n) is 1.99. The molecule has 1 N–H and O–H groups in total. The van der Waals surface area contributed by atoms with Crippen LogP contribution in [-0.2, 0) is 0 Å². The van der Waals surface area contributed by atoms with Crippen molar-refractivity contribution >= 4 is 11.6 Å². The van der Waals surface area contributed by atoms with Gasteiger partial charge in [-0.15, -0.1) is 5.10 Å². The second-order valence-corrected chi connectivity index (χ2v) is 4.71. The van der Waals surface area contributed by atoms with Crippen molar-refractivity contribution in [2.75, 3.05) is 5.32 Å². The first kappa shape index (κ1) is 13.1. The first-order chi connectivity index (χ1) is 10.2. The van der Waals surface area contributed by atoms with Crippen LogP contribution in [0.15, 0.2) is 60.8 Å². The Morgan fingerprint density at radius 3 is 2.67 bits per heavy atom. The average molecular weight is 278 g/mol. The molecule has 3 rings (SSSR count). The van der Waals surface area contributed by atoms with Crippen molar-refractivity contribution in [2.24, 2.45) is 0 Å². The van der Waals surface area contributed by atoms with Crippen molar-refractivity contribution in [3.8, 4) is 5.69 Å². The van der Waals surface area contributed by atoms with E-state index < -0.39 is 0 Å². The maximum absolute atomic E-state index is 12.1. The highest BCUT2D eigenvalue weighted by atomic mass is 16.2. The Labute approximate surface area is 122 Å². The standard InChI is InChI=1S/C16H14N4O/c1-12-6-5-7-13(10-12)17-16(21)15-11-20(19-18-15)14-8-3-2-4-9-14/h2-11H,1H3,(H,17,21). The number of nitrogens with one attached hydrogen (secondary N) is 1. The minimum atomic E-state index is -0.275. The monoisotopic (exact) mass is 278 g/mol. The van der Waals surface area contributed by atoms with E-state index in [1.807, 2.05) is 61.5 Å². The van der Waals surface area contributed by atoms with Crippen molar-refractivity contribution in [1.82, 2.24) is 15.0 Å². The number of aromatic nitrogens is 3. The van der Waals surface area contributed by atoms with E-state index in [0.29, 0.717) is 0 Å². The lowest BCUT2D eigenvalue weighted by molar-refractivity contribution is 0.102. The molecular formula is C16H14N4O. The van der Waals surface area contributed by atoms with Crippen molar-refractivity contribution in [1.29, 1.82) is 0 Å². The number of rotatable bonds is 3. The Morgan fingerprint density at radius 2 is 1.90 bits per heavy atom. The summed E-state index contributed by atoms with van der Waals surface area (Å²) >= 11 is 0. The van der Waals surface area contributed by atoms with Gasteiger partial charge in [0.25, 0.3) is 5.91 Å². The van der Waals surface area contributed by atoms with Crippen LogP contribution in [-0.4, -0.2) is 20.9 Å². The van der Waals surface area contributed by atoms with Crippen molar-refractivity contribution in [2.45, 2.75) is 6.92 Å². The Morgan fingerprint density at radius 1 is 1.10 bits per heavy atom. The number of hydrogen-bond donors (Lipinski definition) is 1. The molecule has 1 aromatic heterocycles. The zero-order valence-electron chi connectivity index (χ0n) is 11.5. The summed E-state index contributed by atoms with van der Waals surface area (Å²) in [6, 6.07) is 17.1. The van der Waals surface area contributed by atoms with E-state index in [9.17, 15) is 4.79 Å². The van der Waals surface area contributed by atoms with Crippen LogP contribution in [0.3, 0.4) is 0 Å². The van der Waals surface area contributed by atoms with Crippen LogP contribution in [0.25, 0.3) is 5.69 Å². The molecule has 0 saturated carbocycles. The molecule has 0 atom stereocenters. The predicted octanol–water partition coefficient (Wildman–Crippen LogP) is 2.83. The third-order valence-corrected chi connectivity index (χ3v) is 3.02. The maximum Gasteiger partial charge on any atom is 0.277 e. The SMILES string of the molecule is Cc1cccc(NC(=O)c2cn(-c3ccccc3)nn2)c1. The molecule has 1 heterocycles. The molecule has 0 aliphatic rings. The van der Waals surface area contributed by atoms with Gasteiger partial charge in [0.1, 0.15) is 0 Å². The summed E-state index contributed by atoms with van der Waals surface area (Å²) in [4.78, 5) is 12.1. The molecule has 3 aromatic rings. The summed E-state index contributed by atoms with van der Waals surface area (Å²) < 4.78 is 1.57. The van der Waals surface area contributed by atoms with Gasteiger partial charge < -0.3 is 5.32 Å². The van der Waals surface area contributed by atoms with Gasteiger partial charge in [0.2, 0.25) is 0 Å². The van der Waals surface area contributed by atoms with Crippen LogP contribution in [0.4, 0.5) is 5.69 Å². The minimum Gasteiger partial charge on any atom is -0.321 e. The van der Waals surface area contributed by atoms with E-state index >= 15 is 0 Å². The number of carbonyl (C=O) groups is 1. The highest BCUT2D eigenvalue weighted by Crippen LogP contribution is 2.11. The van der Waals surface area contributed by atoms with Crippen LogP contribution in [0.1, 0.15) is 16.1 Å². The van der Waals surface area contributed by atoms with Gasteiger partial charge >= 0.3 is 0 Å². The number of benzene rings is 2. The van der Waals surface area contributed by atoms with E-state index in [1.165, 1.54) is 0 Å². The molecule has 0 fully saturated rings. The van der Waals surface area contributed by atoms with Gasteiger partial charge in [0.05, 0.1) is 11.9 Å². The molecule has 2 aromatic carbocycles. The number of amides is 1. The van der Waals surface area contributed by atoms with Crippen LogP contribution in [0, 0.1) is 6.92 Å². The zero-order chi connectivity index (χ0) is 14.7. The summed E-state index contributed by atoms with van der Waals surface area (Å²) in [5.41, 5.74) is 2.97. The Hall–Kier alpha value is -2.95. The molecule has 0 aliphatic carbocycles. The smallest absolute Gasteiger partial charge is 0.277 e. The fraction of sp³-hybridized carbons (Fsp3) is 0.0625. The normalized spacial score (nSPS) is 10.3. The van der Waals surface area contributed by atoms with Crippen molar-refractivity contribution < 1.29 is 4.79 Å². The largest absolute Gasteiger partial charge is 0.321 e. The molecule has 104 valence electrons. The summed E-state index contributed by atoms with van der Waals surface area (Å²) in [6.45, 7) is 1.97. The summed E-state index contributed by atoms with van der Waals surface area (Å²) in [5.74, 6) is -0.275. The number of para-hydroxylation sites is 1. The third-order valence-electron chi connectivity index (χ3n) is 3.02. The first-order valence-corrected chi connectivity index (χ1v) is 6.58. The van der Waals surface area contributed by atoms with Crippen LogP contribution in [0.2, 0.25) is 0 Å². The van der Waals surface area contributed by atoms with Crippen LogP contribution in [0.5, 0.6) is 0 Å². The Bertz CT molecular complexity index is 765. The highest BCUT2D eigenvalue weighted by Gasteiger charge is 2.11. The quantitative estimate of drug-likeness (QED) is 0.801. The molecule has 0 saturated heterocycles. The van der Waals surface area contributed by atoms with Gasteiger partial charge in [-0.2, -0.15) is 0 Å². The Balaban J connectivity index is 1.78. The first-order valence-electron chi connectivity index (χ1n) is 6.58. The molecule has 5 nitrogen and oxygen atoms in total. The van der Waals surface area contributed by atoms with Gasteiger partial charge in [0.15, 0.2) is 5.69 Å². The fourth-order valence-corrected chi connectivity index (χ4v) is 1.99. The number of anilines is 1. The average Bonchev–Trinajstić information content (AvgIpc) is 2.98. The summed E-state index contributed by atoms with van der Waals surface area (Å²) in [7, 11) is 0. The minimum absolute atomic E-state index is 0.275. The maximum atomic E-state index is 12.1. The number of nitrogens with zero attached hydrogens (tertiary/aromatic N) is 3. The highest BCUT2D eigenvalue weighted by molar-refractivity contribution is 6.02. The molecule has 1 amide bonds. The lowest BCUT2D eigenvalue weighted by Gasteiger charge is -2.03. The lowest BCUT2D eigenvalue weighted by Crippen LogP contribution is -2.12. The van der Waals surface area contributed by atoms with Gasteiger partial charge in [-0.1, -0.05) is 35.5 Å². The number of carbonyl (C=O) groups excluding carboxylic acids is 1. The second-order valence-electron chi connectivity index (χ2n) is 4.71. The molecule has 21 heavy (non-hydrogen) atoms. The summed E-state index contributed by atoms with van der Waals surface area (Å²) in [6.07, 6.45) is 1.61. The molecule has 0 aliphatic heterocycles. The third kappa shape index (κ3) is 2.97. The van der Waals surface area contributed by atoms with Crippen LogP contribution >= 0.6 is 0 Å². The van der Waals surface area contributed by atoms with Gasteiger partial charge in [-0.3, -0.25) is 4.79 Å². The van der Waals surface area contributed by atoms with Gasteiger partial charge in [0, 0.05) is 5.69 Å². The van der Waals surface area contributed by atoms with Gasteiger partial charge in [-0.05, 0) is 36.8 Å². The van der Waals surface area contributed by atoms with Crippen LogP contribution < -0.4 is 5.32 Å². The molecule has 5 heteroatoms. The van der Waals surface area contributed by atoms with E-state index in [-0.39, 0.29) is 11.6 Å². The molecule has 0 spiro atoms. The van der Waals surface area contributed by atoms with Gasteiger partial charge in [-0.25, -0.2) is 4.68 Å². The molecule has 0 unspecified atom stereocenters. The van der Waals surface area contributed by atoms with E-state index in [1.54, 1.807) is 10.9 Å². The zero-order valence-corrected chi connectivity index (χ0v) is 11.5. The molecular weight excluding hydrogens is 264 g/mol. The summed E-state index contributed by atoms with van der Waals surface area (Å²) in [5, 5.41) is 10.7. The van der Waals surface area contributed by atoms with E-state index in [0.717, 1.165) is 16.9 Å². The topological polar surface area (TPSA) is 59.8 Å². The Kier molecular flexibility index (Phi) is 3.47. The molecule has 0 radical (unpaired) electrons. The number of hydrogen-bond acceptors (Lipinski definition) is 3. The van der Waals surface area contributed by atoms with E-state index in [4.69, 9.17) is 0 Å². The second kappa shape index (κ2) is 5.58. The predicted molar refractivity (Wildman–Crippen MR) is 80.5 cm³/mol. The lowest BCUT2D eigenvalue weighted by atomic mass is 10.2. The van der Waals surface area contributed by atoms with E-state index in [2.05, 4.69) is 15.6 Å². The number of aryl methyl sites for hydroxylation is 1. The van der Waals surface area contributed by atoms with Crippen molar-refractivity contribution in [3.05, 3.63) is 72.1 Å². The van der Waals surface area contributed by atoms with Crippen molar-refractivity contribution in [3.63, 3.8) is 0 Å².